The normalized spacial score (nSPS) is 10.6. The fourth-order valence-corrected chi connectivity index (χ4v) is 3.73. The van der Waals surface area contributed by atoms with Gasteiger partial charge >= 0.3 is 5.97 Å². The van der Waals surface area contributed by atoms with Crippen molar-refractivity contribution in [2.24, 2.45) is 0 Å². The smallest absolute Gasteiger partial charge is 0.341 e. The first-order valence-corrected chi connectivity index (χ1v) is 10.2. The maximum Gasteiger partial charge on any atom is 0.341 e. The lowest BCUT2D eigenvalue weighted by Gasteiger charge is -2.09. The molecule has 0 unspecified atom stereocenters. The number of hydrogen-bond donors (Lipinski definition) is 1. The Labute approximate surface area is 180 Å². The Morgan fingerprint density at radius 3 is 2.68 bits per heavy atom. The molecule has 31 heavy (non-hydrogen) atoms. The van der Waals surface area contributed by atoms with Crippen molar-refractivity contribution in [3.63, 3.8) is 0 Å². The monoisotopic (exact) mass is 439 g/mol. The van der Waals surface area contributed by atoms with Crippen molar-refractivity contribution in [1.29, 1.82) is 0 Å². The molecule has 3 aromatic heterocycles. The highest BCUT2D eigenvalue weighted by Crippen LogP contribution is 2.36. The van der Waals surface area contributed by atoms with Gasteiger partial charge in [0.05, 0.1) is 12.9 Å². The molecule has 1 aromatic carbocycles. The van der Waals surface area contributed by atoms with Crippen molar-refractivity contribution in [3.05, 3.63) is 60.0 Å². The van der Waals surface area contributed by atoms with Crippen molar-refractivity contribution in [3.8, 4) is 28.5 Å². The predicted molar refractivity (Wildman–Crippen MR) is 112 cm³/mol. The summed E-state index contributed by atoms with van der Waals surface area (Å²) in [7, 11) is 0. The number of rotatable bonds is 8. The maximum atomic E-state index is 12.5. The highest BCUT2D eigenvalue weighted by molar-refractivity contribution is 7.15. The summed E-state index contributed by atoms with van der Waals surface area (Å²) in [5.41, 5.74) is 1.54. The number of aromatic nitrogens is 2. The average molecular weight is 439 g/mol. The van der Waals surface area contributed by atoms with Crippen LogP contribution in [-0.4, -0.2) is 35.3 Å². The molecule has 0 saturated heterocycles. The minimum atomic E-state index is -0.539. The van der Waals surface area contributed by atoms with Crippen LogP contribution in [0.4, 0.5) is 5.00 Å². The van der Waals surface area contributed by atoms with Crippen LogP contribution in [0.1, 0.15) is 17.3 Å². The van der Waals surface area contributed by atoms with E-state index in [2.05, 4.69) is 15.5 Å². The summed E-state index contributed by atoms with van der Waals surface area (Å²) in [6, 6.07) is 10.3. The Hall–Kier alpha value is -3.92. The van der Waals surface area contributed by atoms with E-state index in [0.717, 1.165) is 5.56 Å². The Morgan fingerprint density at radius 1 is 1.16 bits per heavy atom. The number of thiophene rings is 1. The first-order valence-electron chi connectivity index (χ1n) is 9.27. The minimum Gasteiger partial charge on any atom is -0.484 e. The van der Waals surface area contributed by atoms with Gasteiger partial charge in [0.2, 0.25) is 12.3 Å². The lowest BCUT2D eigenvalue weighted by molar-refractivity contribution is -0.118. The van der Waals surface area contributed by atoms with Crippen molar-refractivity contribution in [2.75, 3.05) is 18.5 Å². The van der Waals surface area contributed by atoms with Gasteiger partial charge in [0.25, 0.3) is 5.91 Å². The minimum absolute atomic E-state index is 0.211. The first-order chi connectivity index (χ1) is 15.2. The average Bonchev–Trinajstić information content (AvgIpc) is 3.54. The van der Waals surface area contributed by atoms with Gasteiger partial charge in [0, 0.05) is 16.5 Å². The summed E-state index contributed by atoms with van der Waals surface area (Å²) in [5, 5.41) is 12.3. The highest BCUT2D eigenvalue weighted by atomic mass is 32.1. The zero-order valence-corrected chi connectivity index (χ0v) is 17.2. The number of furan rings is 1. The van der Waals surface area contributed by atoms with Crippen molar-refractivity contribution < 1.29 is 27.9 Å². The van der Waals surface area contributed by atoms with Crippen molar-refractivity contribution in [1.82, 2.24) is 10.2 Å². The molecular weight excluding hydrogens is 422 g/mol. The Morgan fingerprint density at radius 2 is 2.00 bits per heavy atom. The topological polar surface area (TPSA) is 117 Å². The lowest BCUT2D eigenvalue weighted by Crippen LogP contribution is -2.21. The van der Waals surface area contributed by atoms with Crippen LogP contribution in [0.2, 0.25) is 0 Å². The molecule has 9 nitrogen and oxygen atoms in total. The SMILES string of the molecule is CCOC(=O)c1c(-c2ccco2)csc1NC(=O)COc1ccc(-c2nnco2)cc1. The van der Waals surface area contributed by atoms with E-state index >= 15 is 0 Å². The lowest BCUT2D eigenvalue weighted by atomic mass is 10.1. The molecule has 0 bridgehead atoms. The summed E-state index contributed by atoms with van der Waals surface area (Å²) in [5.74, 6) is 0.437. The molecule has 0 atom stereocenters. The second-order valence-corrected chi connectivity index (χ2v) is 7.04. The number of anilines is 1. The van der Waals surface area contributed by atoms with Gasteiger partial charge < -0.3 is 23.6 Å². The summed E-state index contributed by atoms with van der Waals surface area (Å²) in [4.78, 5) is 24.9. The van der Waals surface area contributed by atoms with Gasteiger partial charge in [-0.2, -0.15) is 0 Å². The number of benzene rings is 1. The Balaban J connectivity index is 1.43. The van der Waals surface area contributed by atoms with Crippen LogP contribution in [0.3, 0.4) is 0 Å². The maximum absolute atomic E-state index is 12.5. The standard InChI is InChI=1S/C21H17N3O6S/c1-2-27-21(26)18-15(16-4-3-9-28-16)11-31-20(18)23-17(25)10-29-14-7-5-13(6-8-14)19-24-22-12-30-19/h3-9,11-12H,2,10H2,1H3,(H,23,25). The molecule has 0 saturated carbocycles. The largest absolute Gasteiger partial charge is 0.484 e. The summed E-state index contributed by atoms with van der Waals surface area (Å²) in [6.07, 6.45) is 2.76. The van der Waals surface area contributed by atoms with Crippen LogP contribution in [0.25, 0.3) is 22.8 Å². The number of amides is 1. The van der Waals surface area contributed by atoms with E-state index in [4.69, 9.17) is 18.3 Å². The Kier molecular flexibility index (Phi) is 6.08. The number of esters is 1. The molecule has 1 amide bonds. The van der Waals surface area contributed by atoms with Gasteiger partial charge in [-0.1, -0.05) is 0 Å². The number of carbonyl (C=O) groups excluding carboxylic acids is 2. The molecule has 4 aromatic rings. The van der Waals surface area contributed by atoms with Gasteiger partial charge in [0.15, 0.2) is 6.61 Å². The third-order valence-corrected chi connectivity index (χ3v) is 5.04. The van der Waals surface area contributed by atoms with Gasteiger partial charge in [-0.05, 0) is 43.3 Å². The second-order valence-electron chi connectivity index (χ2n) is 6.16. The van der Waals surface area contributed by atoms with E-state index < -0.39 is 11.9 Å². The molecule has 3 heterocycles. The zero-order valence-electron chi connectivity index (χ0n) is 16.4. The number of carbonyl (C=O) groups is 2. The zero-order chi connectivity index (χ0) is 21.6. The molecule has 158 valence electrons. The fourth-order valence-electron chi connectivity index (χ4n) is 2.77. The molecule has 1 N–H and O–H groups in total. The molecule has 0 spiro atoms. The van der Waals surface area contributed by atoms with Crippen LogP contribution < -0.4 is 10.1 Å². The number of nitrogens with zero attached hydrogens (tertiary/aromatic N) is 2. The first kappa shape index (κ1) is 20.4. The van der Waals surface area contributed by atoms with Crippen molar-refractivity contribution in [2.45, 2.75) is 6.92 Å². The number of hydrogen-bond acceptors (Lipinski definition) is 9. The fraction of sp³-hybridized carbons (Fsp3) is 0.143. The van der Waals surface area contributed by atoms with Gasteiger partial charge in [0.1, 0.15) is 22.1 Å². The van der Waals surface area contributed by atoms with Crippen LogP contribution >= 0.6 is 11.3 Å². The van der Waals surface area contributed by atoms with E-state index in [0.29, 0.717) is 28.0 Å². The van der Waals surface area contributed by atoms with Crippen LogP contribution in [0.5, 0.6) is 5.75 Å². The number of ether oxygens (including phenoxy) is 2. The molecule has 0 aliphatic rings. The van der Waals surface area contributed by atoms with E-state index in [1.165, 1.54) is 24.0 Å². The van der Waals surface area contributed by atoms with E-state index in [1.807, 2.05) is 0 Å². The molecular formula is C21H17N3O6S. The molecule has 0 radical (unpaired) electrons. The summed E-state index contributed by atoms with van der Waals surface area (Å²) >= 11 is 1.21. The van der Waals surface area contributed by atoms with E-state index in [1.54, 1.807) is 48.7 Å². The summed E-state index contributed by atoms with van der Waals surface area (Å²) in [6.45, 7) is 1.69. The van der Waals surface area contributed by atoms with E-state index in [9.17, 15) is 9.59 Å². The summed E-state index contributed by atoms with van der Waals surface area (Å²) < 4.78 is 21.2. The molecule has 4 rings (SSSR count). The Bertz CT molecular complexity index is 1150. The van der Waals surface area contributed by atoms with Gasteiger partial charge in [-0.25, -0.2) is 4.79 Å². The van der Waals surface area contributed by atoms with Crippen molar-refractivity contribution >= 4 is 28.2 Å². The quantitative estimate of drug-likeness (QED) is 0.405. The van der Waals surface area contributed by atoms with Gasteiger partial charge in [-0.15, -0.1) is 21.5 Å². The van der Waals surface area contributed by atoms with Crippen LogP contribution in [0.15, 0.2) is 63.3 Å². The molecule has 0 aliphatic carbocycles. The molecule has 10 heteroatoms. The van der Waals surface area contributed by atoms with Crippen LogP contribution in [0, 0.1) is 0 Å². The third kappa shape index (κ3) is 4.64. The van der Waals surface area contributed by atoms with Crippen LogP contribution in [-0.2, 0) is 9.53 Å². The molecule has 0 aliphatic heterocycles. The van der Waals surface area contributed by atoms with Gasteiger partial charge in [-0.3, -0.25) is 4.79 Å². The van der Waals surface area contributed by atoms with E-state index in [-0.39, 0.29) is 18.8 Å². The predicted octanol–water partition coefficient (Wildman–Crippen LogP) is 4.25. The number of nitrogens with one attached hydrogen (secondary N) is 1. The molecule has 0 fully saturated rings. The third-order valence-electron chi connectivity index (χ3n) is 4.14. The highest BCUT2D eigenvalue weighted by Gasteiger charge is 2.24. The second kappa shape index (κ2) is 9.26.